The van der Waals surface area contributed by atoms with Crippen LogP contribution in [0.5, 0.6) is 0 Å². The molecule has 0 bridgehead atoms. The Hall–Kier alpha value is -2.68. The zero-order valence-corrected chi connectivity index (χ0v) is 21.0. The second kappa shape index (κ2) is 11.6. The summed E-state index contributed by atoms with van der Waals surface area (Å²) in [4.78, 5) is 43.1. The Bertz CT molecular complexity index is 1060. The summed E-state index contributed by atoms with van der Waals surface area (Å²) >= 11 is 6.29. The number of esters is 1. The predicted octanol–water partition coefficient (Wildman–Crippen LogP) is 3.13. The number of rotatable bonds is 9. The van der Waals surface area contributed by atoms with Crippen molar-refractivity contribution in [3.8, 4) is 0 Å². The zero-order chi connectivity index (χ0) is 24.8. The maximum Gasteiger partial charge on any atom is 0.355 e. The maximum absolute atomic E-state index is 13.5. The molecule has 2 heterocycles. The number of carbonyl (C=O) groups excluding carboxylic acids is 3. The first-order chi connectivity index (χ1) is 16.3. The van der Waals surface area contributed by atoms with Gasteiger partial charge in [-0.05, 0) is 38.5 Å². The molecule has 0 unspecified atom stereocenters. The lowest BCUT2D eigenvalue weighted by Crippen LogP contribution is -2.44. The third-order valence-electron chi connectivity index (χ3n) is 6.19. The summed E-state index contributed by atoms with van der Waals surface area (Å²) in [7, 11) is 1.73. The number of hydrogen-bond donors (Lipinski definition) is 0. The first kappa shape index (κ1) is 25.9. The quantitative estimate of drug-likeness (QED) is 0.397. The highest BCUT2D eigenvalue weighted by atomic mass is 35.5. The molecule has 2 aromatic rings. The van der Waals surface area contributed by atoms with Gasteiger partial charge in [-0.15, -0.1) is 0 Å². The number of morpholine rings is 1. The van der Waals surface area contributed by atoms with Crippen molar-refractivity contribution in [1.29, 1.82) is 0 Å². The van der Waals surface area contributed by atoms with Crippen molar-refractivity contribution in [3.63, 3.8) is 0 Å². The average molecular weight is 490 g/mol. The molecule has 34 heavy (non-hydrogen) atoms. The lowest BCUT2D eigenvalue weighted by molar-refractivity contribution is 0.0323. The van der Waals surface area contributed by atoms with Crippen LogP contribution in [0.15, 0.2) is 24.3 Å². The van der Waals surface area contributed by atoms with E-state index in [0.29, 0.717) is 59.4 Å². The summed E-state index contributed by atoms with van der Waals surface area (Å²) in [6.07, 6.45) is 0. The Morgan fingerprint density at radius 3 is 2.47 bits per heavy atom. The van der Waals surface area contributed by atoms with Crippen molar-refractivity contribution in [1.82, 2.24) is 14.4 Å². The van der Waals surface area contributed by atoms with E-state index in [-0.39, 0.29) is 24.8 Å². The van der Waals surface area contributed by atoms with E-state index in [1.54, 1.807) is 56.7 Å². The molecule has 0 N–H and O–H groups in total. The van der Waals surface area contributed by atoms with Gasteiger partial charge in [-0.2, -0.15) is 0 Å². The van der Waals surface area contributed by atoms with Crippen molar-refractivity contribution < 1.29 is 23.9 Å². The molecule has 1 saturated heterocycles. The number of Topliss-reactive ketones (excluding diaryl/α,β-unsaturated/α-hetero) is 1. The second-order valence-corrected chi connectivity index (χ2v) is 8.70. The molecule has 184 valence electrons. The van der Waals surface area contributed by atoms with Crippen LogP contribution in [0.1, 0.15) is 49.4 Å². The van der Waals surface area contributed by atoms with Crippen molar-refractivity contribution in [2.75, 3.05) is 52.5 Å². The Balaban J connectivity index is 1.87. The highest BCUT2D eigenvalue weighted by Gasteiger charge is 2.28. The van der Waals surface area contributed by atoms with E-state index in [9.17, 15) is 14.4 Å². The lowest BCUT2D eigenvalue weighted by atomic mass is 10.0. The second-order valence-electron chi connectivity index (χ2n) is 8.30. The van der Waals surface area contributed by atoms with Gasteiger partial charge < -0.3 is 18.9 Å². The SMILES string of the molecule is CCOC(=O)c1c(C)c(C(=O)CN(CCN2CCOCC2)C(=O)c2ccccc2Cl)c(C)n1C. The number of benzene rings is 1. The van der Waals surface area contributed by atoms with E-state index < -0.39 is 5.97 Å². The van der Waals surface area contributed by atoms with Crippen LogP contribution in [0.4, 0.5) is 0 Å². The summed E-state index contributed by atoms with van der Waals surface area (Å²) in [6.45, 7) is 9.23. The van der Waals surface area contributed by atoms with E-state index in [0.717, 1.165) is 13.1 Å². The molecule has 1 aromatic heterocycles. The highest BCUT2D eigenvalue weighted by molar-refractivity contribution is 6.33. The number of aromatic nitrogens is 1. The summed E-state index contributed by atoms with van der Waals surface area (Å²) in [5.41, 5.74) is 2.35. The molecule has 0 spiro atoms. The minimum atomic E-state index is -0.471. The molecule has 0 radical (unpaired) electrons. The fraction of sp³-hybridized carbons (Fsp3) is 0.480. The van der Waals surface area contributed by atoms with Gasteiger partial charge in [0.15, 0.2) is 5.78 Å². The van der Waals surface area contributed by atoms with Crippen LogP contribution in [-0.2, 0) is 16.5 Å². The minimum absolute atomic E-state index is 0.123. The van der Waals surface area contributed by atoms with Crippen molar-refractivity contribution >= 4 is 29.3 Å². The molecular formula is C25H32ClN3O5. The molecule has 0 aliphatic carbocycles. The van der Waals surface area contributed by atoms with E-state index in [4.69, 9.17) is 21.1 Å². The molecule has 1 amide bonds. The topological polar surface area (TPSA) is 81.1 Å². The van der Waals surface area contributed by atoms with E-state index >= 15 is 0 Å². The van der Waals surface area contributed by atoms with Gasteiger partial charge in [0.2, 0.25) is 0 Å². The number of carbonyl (C=O) groups is 3. The maximum atomic E-state index is 13.5. The lowest BCUT2D eigenvalue weighted by Gasteiger charge is -2.30. The fourth-order valence-electron chi connectivity index (χ4n) is 4.27. The van der Waals surface area contributed by atoms with E-state index in [1.165, 1.54) is 4.90 Å². The molecule has 1 aliphatic rings. The minimum Gasteiger partial charge on any atom is -0.461 e. The molecule has 1 aromatic carbocycles. The smallest absolute Gasteiger partial charge is 0.355 e. The summed E-state index contributed by atoms with van der Waals surface area (Å²) in [6, 6.07) is 6.83. The molecule has 0 saturated carbocycles. The number of halogens is 1. The molecule has 3 rings (SSSR count). The number of ketones is 1. The van der Waals surface area contributed by atoms with Crippen LogP contribution in [0, 0.1) is 13.8 Å². The monoisotopic (exact) mass is 489 g/mol. The first-order valence-electron chi connectivity index (χ1n) is 11.5. The Morgan fingerprint density at radius 1 is 1.15 bits per heavy atom. The van der Waals surface area contributed by atoms with Gasteiger partial charge >= 0.3 is 5.97 Å². The summed E-state index contributed by atoms with van der Waals surface area (Å²) in [5, 5.41) is 0.341. The van der Waals surface area contributed by atoms with E-state index in [2.05, 4.69) is 4.90 Å². The molecular weight excluding hydrogens is 458 g/mol. The van der Waals surface area contributed by atoms with Crippen molar-refractivity contribution in [3.05, 3.63) is 57.4 Å². The molecule has 9 heteroatoms. The zero-order valence-electron chi connectivity index (χ0n) is 20.2. The first-order valence-corrected chi connectivity index (χ1v) is 11.8. The molecule has 1 aliphatic heterocycles. The van der Waals surface area contributed by atoms with Gasteiger partial charge in [0.05, 0.1) is 37.0 Å². The molecule has 1 fully saturated rings. The number of nitrogens with zero attached hydrogens (tertiary/aromatic N) is 3. The standard InChI is InChI=1S/C25H32ClN3O5/c1-5-34-25(32)23-17(2)22(18(3)27(23)4)21(30)16-29(11-10-28-12-14-33-15-13-28)24(31)19-8-6-7-9-20(19)26/h6-9H,5,10-16H2,1-4H3. The largest absolute Gasteiger partial charge is 0.461 e. The van der Waals surface area contributed by atoms with Gasteiger partial charge in [-0.25, -0.2) is 4.79 Å². The van der Waals surface area contributed by atoms with Crippen LogP contribution in [-0.4, -0.2) is 84.6 Å². The summed E-state index contributed by atoms with van der Waals surface area (Å²) < 4.78 is 12.2. The van der Waals surface area contributed by atoms with Crippen LogP contribution in [0.2, 0.25) is 5.02 Å². The van der Waals surface area contributed by atoms with Crippen molar-refractivity contribution in [2.45, 2.75) is 20.8 Å². The third-order valence-corrected chi connectivity index (χ3v) is 6.52. The van der Waals surface area contributed by atoms with E-state index in [1.807, 2.05) is 0 Å². The van der Waals surface area contributed by atoms with Gasteiger partial charge in [-0.1, -0.05) is 23.7 Å². The average Bonchev–Trinajstić information content (AvgIpc) is 3.05. The van der Waals surface area contributed by atoms with Crippen LogP contribution in [0.25, 0.3) is 0 Å². The van der Waals surface area contributed by atoms with Crippen LogP contribution < -0.4 is 0 Å². The third kappa shape index (κ3) is 5.68. The van der Waals surface area contributed by atoms with Gasteiger partial charge in [0.1, 0.15) is 5.69 Å². The Labute approximate surface area is 205 Å². The number of hydrogen-bond acceptors (Lipinski definition) is 6. The Morgan fingerprint density at radius 2 is 1.82 bits per heavy atom. The number of ether oxygens (including phenoxy) is 2. The molecule has 0 atom stereocenters. The summed E-state index contributed by atoms with van der Waals surface area (Å²) in [5.74, 6) is -1.01. The van der Waals surface area contributed by atoms with Gasteiger partial charge in [0, 0.05) is 44.5 Å². The van der Waals surface area contributed by atoms with Crippen LogP contribution >= 0.6 is 11.6 Å². The number of amides is 1. The normalized spacial score (nSPS) is 14.1. The Kier molecular flexibility index (Phi) is 8.88. The van der Waals surface area contributed by atoms with Crippen LogP contribution in [0.3, 0.4) is 0 Å². The predicted molar refractivity (Wildman–Crippen MR) is 130 cm³/mol. The highest BCUT2D eigenvalue weighted by Crippen LogP contribution is 2.24. The fourth-order valence-corrected chi connectivity index (χ4v) is 4.49. The van der Waals surface area contributed by atoms with Gasteiger partial charge in [-0.3, -0.25) is 14.5 Å². The van der Waals surface area contributed by atoms with Crippen molar-refractivity contribution in [2.24, 2.45) is 7.05 Å². The molecule has 8 nitrogen and oxygen atoms in total. The van der Waals surface area contributed by atoms with Gasteiger partial charge in [0.25, 0.3) is 5.91 Å².